The zero-order chi connectivity index (χ0) is 24.2. The molecule has 1 fully saturated rings. The van der Waals surface area contributed by atoms with E-state index in [2.05, 4.69) is 0 Å². The van der Waals surface area contributed by atoms with Gasteiger partial charge in [-0.1, -0.05) is 30.3 Å². The minimum Gasteiger partial charge on any atom is -0.427 e. The van der Waals surface area contributed by atoms with Crippen LogP contribution in [0.1, 0.15) is 34.6 Å². The van der Waals surface area contributed by atoms with E-state index in [1.54, 1.807) is 52.0 Å². The molecule has 176 valence electrons. The number of hydrogen-bond donors (Lipinski definition) is 1. The molecule has 0 radical (unpaired) electrons. The van der Waals surface area contributed by atoms with Gasteiger partial charge in [0.1, 0.15) is 6.54 Å². The van der Waals surface area contributed by atoms with Gasteiger partial charge in [-0.15, -0.1) is 0 Å². The van der Waals surface area contributed by atoms with E-state index in [0.717, 1.165) is 11.8 Å². The van der Waals surface area contributed by atoms with E-state index in [9.17, 15) is 24.3 Å². The minimum atomic E-state index is -0.983. The number of esters is 2. The number of thioether (sulfide) groups is 1. The molecular formula is C22H28ClNO7S. The molecular weight excluding hydrogens is 458 g/mol. The predicted molar refractivity (Wildman–Crippen MR) is 119 cm³/mol. The number of aliphatic hydroxyl groups is 1. The van der Waals surface area contributed by atoms with Gasteiger partial charge in [0.15, 0.2) is 5.12 Å². The molecule has 1 aromatic rings. The van der Waals surface area contributed by atoms with Gasteiger partial charge in [-0.05, 0) is 52.0 Å². The summed E-state index contributed by atoms with van der Waals surface area (Å²) in [7, 11) is 0. The van der Waals surface area contributed by atoms with Crippen molar-refractivity contribution in [1.29, 1.82) is 0 Å². The third-order valence-corrected chi connectivity index (χ3v) is 6.39. The van der Waals surface area contributed by atoms with Gasteiger partial charge in [0.05, 0.1) is 23.5 Å². The van der Waals surface area contributed by atoms with Crippen LogP contribution in [0.25, 0.3) is 0 Å². The molecule has 10 heteroatoms. The van der Waals surface area contributed by atoms with Crippen molar-refractivity contribution in [3.05, 3.63) is 29.3 Å². The summed E-state index contributed by atoms with van der Waals surface area (Å²) in [5.41, 5.74) is -0.743. The first kappa shape index (κ1) is 26.2. The number of amides is 1. The minimum absolute atomic E-state index is 0.215. The highest BCUT2D eigenvalue weighted by Gasteiger charge is 2.54. The molecule has 0 spiro atoms. The molecule has 0 bridgehead atoms. The van der Waals surface area contributed by atoms with Crippen LogP contribution in [0.15, 0.2) is 29.2 Å². The van der Waals surface area contributed by atoms with Crippen molar-refractivity contribution in [2.24, 2.45) is 17.3 Å². The zero-order valence-corrected chi connectivity index (χ0v) is 20.2. The number of benzene rings is 1. The Morgan fingerprint density at radius 1 is 1.16 bits per heavy atom. The monoisotopic (exact) mass is 485 g/mol. The molecule has 1 N–H and O–H groups in total. The van der Waals surface area contributed by atoms with Crippen LogP contribution < -0.4 is 0 Å². The predicted octanol–water partition coefficient (Wildman–Crippen LogP) is 2.89. The topological polar surface area (TPSA) is 110 Å². The Labute approximate surface area is 196 Å². The molecule has 1 saturated heterocycles. The van der Waals surface area contributed by atoms with E-state index >= 15 is 0 Å². The maximum Gasteiger partial charge on any atom is 0.328 e. The first-order chi connectivity index (χ1) is 14.8. The fraction of sp³-hybridized carbons (Fsp3) is 0.545. The summed E-state index contributed by atoms with van der Waals surface area (Å²) in [5.74, 6) is -3.20. The largest absolute Gasteiger partial charge is 0.427 e. The van der Waals surface area contributed by atoms with Crippen LogP contribution in [0.5, 0.6) is 0 Å². The maximum absolute atomic E-state index is 12.8. The lowest BCUT2D eigenvalue weighted by Gasteiger charge is -2.50. The molecule has 1 heterocycles. The number of ether oxygens (including phenoxy) is 2. The molecule has 0 aliphatic carbocycles. The summed E-state index contributed by atoms with van der Waals surface area (Å²) in [5, 5.41) is 10.4. The van der Waals surface area contributed by atoms with E-state index < -0.39 is 60.6 Å². The van der Waals surface area contributed by atoms with Crippen molar-refractivity contribution in [3.8, 4) is 0 Å². The van der Waals surface area contributed by atoms with Gasteiger partial charge in [-0.3, -0.25) is 19.2 Å². The molecule has 0 saturated carbocycles. The van der Waals surface area contributed by atoms with Gasteiger partial charge in [0, 0.05) is 15.8 Å². The normalized spacial score (nSPS) is 20.2. The van der Waals surface area contributed by atoms with E-state index in [4.69, 9.17) is 21.1 Å². The number of hydrogen-bond acceptors (Lipinski definition) is 8. The van der Waals surface area contributed by atoms with E-state index in [1.165, 1.54) is 11.8 Å². The van der Waals surface area contributed by atoms with Gasteiger partial charge in [0.25, 0.3) is 0 Å². The van der Waals surface area contributed by atoms with Gasteiger partial charge < -0.3 is 19.5 Å². The number of β-lactam (4-membered cyclic amide) rings is 1. The van der Waals surface area contributed by atoms with Crippen LogP contribution in [0.4, 0.5) is 0 Å². The molecule has 1 amide bonds. The molecule has 1 aliphatic rings. The number of likely N-dealkylation sites (tertiary alicyclic amines) is 1. The third kappa shape index (κ3) is 6.46. The Hall–Kier alpha value is -2.10. The SMILES string of the molecule is C[C@@H](O)[C@H]1C(=O)N(CC(=O)OCOC(=O)C(C)(C)C)[C@@H]1[C@@H](C)C(=O)Sc1ccc(Cl)cc1. The molecule has 2 rings (SSSR count). The number of halogens is 1. The van der Waals surface area contributed by atoms with Crippen molar-refractivity contribution in [1.82, 2.24) is 4.90 Å². The number of aliphatic hydroxyl groups excluding tert-OH is 1. The second-order valence-electron chi connectivity index (χ2n) is 8.70. The van der Waals surface area contributed by atoms with Crippen LogP contribution in [-0.2, 0) is 28.7 Å². The van der Waals surface area contributed by atoms with Gasteiger partial charge in [0.2, 0.25) is 12.7 Å². The molecule has 0 aromatic heterocycles. The van der Waals surface area contributed by atoms with Crippen LogP contribution in [0, 0.1) is 17.3 Å². The quantitative estimate of drug-likeness (QED) is 0.259. The molecule has 8 nitrogen and oxygen atoms in total. The summed E-state index contributed by atoms with van der Waals surface area (Å²) in [4.78, 5) is 51.2. The average Bonchev–Trinajstić information content (AvgIpc) is 2.69. The standard InChI is InChI=1S/C22H28ClNO7S/c1-12(20(28)32-15-8-6-14(23)7-9-15)18-17(13(2)25)19(27)24(18)10-16(26)30-11-31-21(29)22(3,4)5/h6-9,12-13,17-18,25H,10-11H2,1-5H3/t12-,13-,17-,18-/m1/s1. The number of carbonyl (C=O) groups is 4. The summed E-state index contributed by atoms with van der Waals surface area (Å²) in [6.07, 6.45) is -0.983. The number of carbonyl (C=O) groups excluding carboxylic acids is 4. The zero-order valence-electron chi connectivity index (χ0n) is 18.7. The van der Waals surface area contributed by atoms with Crippen molar-refractivity contribution >= 4 is 46.3 Å². The lowest BCUT2D eigenvalue weighted by Crippen LogP contribution is -2.68. The summed E-state index contributed by atoms with van der Waals surface area (Å²) >= 11 is 6.87. The Kier molecular flexibility index (Phi) is 8.73. The highest BCUT2D eigenvalue weighted by atomic mass is 35.5. The number of rotatable bonds is 8. The second kappa shape index (κ2) is 10.7. The number of nitrogens with zero attached hydrogens (tertiary/aromatic N) is 1. The van der Waals surface area contributed by atoms with E-state index in [-0.39, 0.29) is 5.12 Å². The van der Waals surface area contributed by atoms with E-state index in [1.807, 2.05) is 0 Å². The lowest BCUT2D eigenvalue weighted by atomic mass is 9.77. The van der Waals surface area contributed by atoms with Crippen molar-refractivity contribution < 1.29 is 33.8 Å². The van der Waals surface area contributed by atoms with Gasteiger partial charge in [-0.2, -0.15) is 0 Å². The second-order valence-corrected chi connectivity index (χ2v) is 10.2. The Bertz CT molecular complexity index is 866. The highest BCUT2D eigenvalue weighted by molar-refractivity contribution is 8.13. The van der Waals surface area contributed by atoms with Gasteiger partial charge >= 0.3 is 11.9 Å². The average molecular weight is 486 g/mol. The molecule has 4 atom stereocenters. The maximum atomic E-state index is 12.8. The highest BCUT2D eigenvalue weighted by Crippen LogP contribution is 2.37. The summed E-state index contributed by atoms with van der Waals surface area (Å²) in [6.45, 7) is 7.14. The summed E-state index contributed by atoms with van der Waals surface area (Å²) in [6, 6.07) is 6.09. The van der Waals surface area contributed by atoms with Crippen LogP contribution >= 0.6 is 23.4 Å². The molecule has 1 aliphatic heterocycles. The molecule has 1 aromatic carbocycles. The lowest BCUT2D eigenvalue weighted by molar-refractivity contribution is -0.183. The van der Waals surface area contributed by atoms with Crippen LogP contribution in [0.3, 0.4) is 0 Å². The summed E-state index contributed by atoms with van der Waals surface area (Å²) < 4.78 is 9.80. The molecule has 32 heavy (non-hydrogen) atoms. The first-order valence-corrected chi connectivity index (χ1v) is 11.3. The molecule has 0 unspecified atom stereocenters. The van der Waals surface area contributed by atoms with Crippen LogP contribution in [0.2, 0.25) is 5.02 Å². The fourth-order valence-corrected chi connectivity index (χ4v) is 4.21. The first-order valence-electron chi connectivity index (χ1n) is 10.1. The van der Waals surface area contributed by atoms with Gasteiger partial charge in [-0.25, -0.2) is 0 Å². The Morgan fingerprint density at radius 3 is 2.28 bits per heavy atom. The van der Waals surface area contributed by atoms with Crippen molar-refractivity contribution in [2.45, 2.75) is 51.7 Å². The Balaban J connectivity index is 2.00. The third-order valence-electron chi connectivity index (χ3n) is 5.05. The van der Waals surface area contributed by atoms with Crippen molar-refractivity contribution in [2.75, 3.05) is 13.3 Å². The van der Waals surface area contributed by atoms with Crippen molar-refractivity contribution in [3.63, 3.8) is 0 Å². The van der Waals surface area contributed by atoms with Crippen LogP contribution in [-0.4, -0.2) is 58.5 Å². The fourth-order valence-electron chi connectivity index (χ4n) is 3.25. The smallest absolute Gasteiger partial charge is 0.328 e. The Morgan fingerprint density at radius 2 is 1.75 bits per heavy atom. The van der Waals surface area contributed by atoms with E-state index in [0.29, 0.717) is 9.92 Å².